The van der Waals surface area contributed by atoms with Gasteiger partial charge in [-0.25, -0.2) is 4.98 Å². The summed E-state index contributed by atoms with van der Waals surface area (Å²) in [6.07, 6.45) is 1.65. The molecule has 0 radical (unpaired) electrons. The fourth-order valence-electron chi connectivity index (χ4n) is 2.01. The van der Waals surface area contributed by atoms with Crippen molar-refractivity contribution in [2.45, 2.75) is 12.4 Å². The Balaban J connectivity index is 2.11. The van der Waals surface area contributed by atoms with E-state index in [4.69, 9.17) is 23.2 Å². The average Bonchev–Trinajstić information content (AvgIpc) is 2.77. The third-order valence-corrected chi connectivity index (χ3v) is 3.33. The second kappa shape index (κ2) is 5.15. The Morgan fingerprint density at radius 2 is 2.11 bits per heavy atom. The average molecular weight is 293 g/mol. The number of nitrogens with zero attached hydrogens (tertiary/aromatic N) is 4. The number of hydrogen-bond acceptors (Lipinski definition) is 3. The number of rotatable bonds is 3. The van der Waals surface area contributed by atoms with Crippen molar-refractivity contribution in [3.63, 3.8) is 0 Å². The molecule has 0 bridgehead atoms. The van der Waals surface area contributed by atoms with Gasteiger partial charge >= 0.3 is 0 Å². The van der Waals surface area contributed by atoms with E-state index in [2.05, 4.69) is 15.2 Å². The lowest BCUT2D eigenvalue weighted by Crippen LogP contribution is -2.05. The fourth-order valence-corrected chi connectivity index (χ4v) is 2.38. The number of halogens is 2. The largest absolute Gasteiger partial charge is 0.321 e. The number of fused-ring (bicyclic) bond motifs is 1. The zero-order valence-electron chi connectivity index (χ0n) is 9.92. The monoisotopic (exact) mass is 292 g/mol. The topological polar surface area (TPSA) is 43.6 Å². The van der Waals surface area contributed by atoms with E-state index < -0.39 is 0 Å². The van der Waals surface area contributed by atoms with Crippen LogP contribution in [0.5, 0.6) is 0 Å². The second-order valence-electron chi connectivity index (χ2n) is 4.10. The Hall–Kier alpha value is -1.65. The van der Waals surface area contributed by atoms with Crippen LogP contribution >= 0.6 is 23.2 Å². The molecule has 0 N–H and O–H groups in total. The Morgan fingerprint density at radius 3 is 2.84 bits per heavy atom. The molecular weight excluding hydrogens is 283 g/mol. The van der Waals surface area contributed by atoms with Gasteiger partial charge in [0.05, 0.1) is 29.2 Å². The lowest BCUT2D eigenvalue weighted by Gasteiger charge is -2.06. The SMILES string of the molecule is ClCc1nc2cc(Cl)ccc2n1Cc1cccnn1. The van der Waals surface area contributed by atoms with E-state index in [9.17, 15) is 0 Å². The van der Waals surface area contributed by atoms with Crippen LogP contribution in [0.2, 0.25) is 5.02 Å². The third kappa shape index (κ3) is 2.41. The fraction of sp³-hybridized carbons (Fsp3) is 0.154. The van der Waals surface area contributed by atoms with Crippen molar-refractivity contribution in [1.29, 1.82) is 0 Å². The summed E-state index contributed by atoms with van der Waals surface area (Å²) in [6, 6.07) is 9.40. The maximum absolute atomic E-state index is 5.98. The number of aromatic nitrogens is 4. The molecule has 6 heteroatoms. The van der Waals surface area contributed by atoms with Crippen LogP contribution < -0.4 is 0 Å². The summed E-state index contributed by atoms with van der Waals surface area (Å²) in [5.41, 5.74) is 2.70. The lowest BCUT2D eigenvalue weighted by molar-refractivity contribution is 0.741. The van der Waals surface area contributed by atoms with E-state index in [0.717, 1.165) is 22.6 Å². The minimum Gasteiger partial charge on any atom is -0.321 e. The molecule has 19 heavy (non-hydrogen) atoms. The highest BCUT2D eigenvalue weighted by Gasteiger charge is 2.11. The predicted molar refractivity (Wildman–Crippen MR) is 75.4 cm³/mol. The van der Waals surface area contributed by atoms with Crippen LogP contribution in [0, 0.1) is 0 Å². The molecule has 0 atom stereocenters. The first-order valence-electron chi connectivity index (χ1n) is 5.75. The van der Waals surface area contributed by atoms with E-state index in [1.165, 1.54) is 0 Å². The van der Waals surface area contributed by atoms with Gasteiger partial charge in [-0.3, -0.25) is 0 Å². The number of hydrogen-bond donors (Lipinski definition) is 0. The van der Waals surface area contributed by atoms with Crippen molar-refractivity contribution < 1.29 is 0 Å². The summed E-state index contributed by atoms with van der Waals surface area (Å²) < 4.78 is 2.03. The minimum atomic E-state index is 0.340. The number of alkyl halides is 1. The molecule has 3 rings (SSSR count). The Bertz CT molecular complexity index is 709. The Kier molecular flexibility index (Phi) is 3.36. The standard InChI is InChI=1S/C13H10Cl2N4/c14-7-13-17-11-6-9(15)3-4-12(11)19(13)8-10-2-1-5-16-18-10/h1-6H,7-8H2. The second-order valence-corrected chi connectivity index (χ2v) is 4.80. The van der Waals surface area contributed by atoms with Gasteiger partial charge in [0.25, 0.3) is 0 Å². The van der Waals surface area contributed by atoms with Gasteiger partial charge in [-0.05, 0) is 30.3 Å². The molecule has 96 valence electrons. The van der Waals surface area contributed by atoms with Crippen molar-refractivity contribution in [3.05, 3.63) is 53.1 Å². The first kappa shape index (κ1) is 12.4. The normalized spacial score (nSPS) is 11.1. The van der Waals surface area contributed by atoms with Gasteiger partial charge in [-0.2, -0.15) is 10.2 Å². The summed E-state index contributed by atoms with van der Waals surface area (Å²) in [4.78, 5) is 4.49. The molecule has 0 amide bonds. The predicted octanol–water partition coefficient (Wildman–Crippen LogP) is 3.27. The van der Waals surface area contributed by atoms with Crippen LogP contribution in [0.3, 0.4) is 0 Å². The van der Waals surface area contributed by atoms with Crippen LogP contribution in [0.1, 0.15) is 11.5 Å². The van der Waals surface area contributed by atoms with Crippen LogP contribution in [0.4, 0.5) is 0 Å². The highest BCUT2D eigenvalue weighted by molar-refractivity contribution is 6.31. The van der Waals surface area contributed by atoms with Gasteiger partial charge in [-0.1, -0.05) is 11.6 Å². The molecule has 4 nitrogen and oxygen atoms in total. The zero-order chi connectivity index (χ0) is 13.2. The molecule has 0 saturated carbocycles. The summed E-state index contributed by atoms with van der Waals surface area (Å²) in [5, 5.41) is 8.63. The van der Waals surface area contributed by atoms with Crippen molar-refractivity contribution in [2.75, 3.05) is 0 Å². The van der Waals surface area contributed by atoms with Gasteiger partial charge in [-0.15, -0.1) is 11.6 Å². The summed E-state index contributed by atoms with van der Waals surface area (Å²) in [7, 11) is 0. The Morgan fingerprint density at radius 1 is 1.21 bits per heavy atom. The van der Waals surface area contributed by atoms with Gasteiger partial charge < -0.3 is 4.57 Å². The molecule has 0 saturated heterocycles. The molecule has 0 fully saturated rings. The van der Waals surface area contributed by atoms with Crippen molar-refractivity contribution in [3.8, 4) is 0 Å². The summed E-state index contributed by atoms with van der Waals surface area (Å²) in [6.45, 7) is 0.591. The molecule has 1 aromatic carbocycles. The van der Waals surface area contributed by atoms with Gasteiger partial charge in [0, 0.05) is 11.2 Å². The molecule has 0 aliphatic rings. The quantitative estimate of drug-likeness (QED) is 0.696. The van der Waals surface area contributed by atoms with Crippen molar-refractivity contribution >= 4 is 34.2 Å². The number of imidazole rings is 1. The maximum atomic E-state index is 5.98. The first-order valence-corrected chi connectivity index (χ1v) is 6.66. The van der Waals surface area contributed by atoms with Gasteiger partial charge in [0.1, 0.15) is 5.82 Å². The highest BCUT2D eigenvalue weighted by atomic mass is 35.5. The van der Waals surface area contributed by atoms with Crippen LogP contribution in [0.15, 0.2) is 36.5 Å². The van der Waals surface area contributed by atoms with Crippen LogP contribution in [-0.2, 0) is 12.4 Å². The third-order valence-electron chi connectivity index (χ3n) is 2.86. The van der Waals surface area contributed by atoms with E-state index in [1.54, 1.807) is 6.20 Å². The summed E-state index contributed by atoms with van der Waals surface area (Å²) in [5.74, 6) is 1.14. The van der Waals surface area contributed by atoms with Crippen molar-refractivity contribution in [1.82, 2.24) is 19.7 Å². The lowest BCUT2D eigenvalue weighted by atomic mass is 10.3. The molecule has 2 heterocycles. The van der Waals surface area contributed by atoms with Crippen molar-refractivity contribution in [2.24, 2.45) is 0 Å². The smallest absolute Gasteiger partial charge is 0.125 e. The Labute approximate surface area is 120 Å². The van der Waals surface area contributed by atoms with Gasteiger partial charge in [0.2, 0.25) is 0 Å². The maximum Gasteiger partial charge on any atom is 0.125 e. The molecular formula is C13H10Cl2N4. The van der Waals surface area contributed by atoms with E-state index in [-0.39, 0.29) is 0 Å². The van der Waals surface area contributed by atoms with Gasteiger partial charge in [0.15, 0.2) is 0 Å². The molecule has 0 aliphatic carbocycles. The molecule has 0 aliphatic heterocycles. The first-order chi connectivity index (χ1) is 9.28. The van der Waals surface area contributed by atoms with Crippen LogP contribution in [0.25, 0.3) is 11.0 Å². The summed E-state index contributed by atoms with van der Waals surface area (Å²) >= 11 is 11.9. The van der Waals surface area contributed by atoms with E-state index in [0.29, 0.717) is 17.4 Å². The van der Waals surface area contributed by atoms with Crippen LogP contribution in [-0.4, -0.2) is 19.7 Å². The van der Waals surface area contributed by atoms with E-state index in [1.807, 2.05) is 34.9 Å². The minimum absolute atomic E-state index is 0.340. The highest BCUT2D eigenvalue weighted by Crippen LogP contribution is 2.22. The molecule has 3 aromatic rings. The molecule has 2 aromatic heterocycles. The number of benzene rings is 1. The molecule has 0 unspecified atom stereocenters. The zero-order valence-corrected chi connectivity index (χ0v) is 11.4. The van der Waals surface area contributed by atoms with E-state index >= 15 is 0 Å². The molecule has 0 spiro atoms.